The number of rotatable bonds is 47. The lowest BCUT2D eigenvalue weighted by Crippen LogP contribution is -2.20. The molecule has 52 heavy (non-hydrogen) atoms. The predicted octanol–water partition coefficient (Wildman–Crippen LogP) is 1.65. The number of carboxylic acid groups (broad SMARTS) is 1. The minimum absolute atomic E-state index is 0.410. The maximum atomic E-state index is 11.6. The number of methoxy groups -OCH3 is 2. The van der Waals surface area contributed by atoms with Crippen LogP contribution < -0.4 is 0 Å². The molecule has 0 aliphatic rings. The average Bonchev–Trinajstić information content (AvgIpc) is 3.14. The van der Waals surface area contributed by atoms with Crippen LogP contribution in [0.25, 0.3) is 0 Å². The van der Waals surface area contributed by atoms with Crippen molar-refractivity contribution in [2.24, 2.45) is 5.92 Å². The van der Waals surface area contributed by atoms with E-state index in [2.05, 4.69) is 0 Å². The molecule has 16 nitrogen and oxygen atoms in total. The molecule has 0 radical (unpaired) electrons. The highest BCUT2D eigenvalue weighted by Crippen LogP contribution is 2.15. The Bertz CT molecular complexity index is 641. The first-order valence-corrected chi connectivity index (χ1v) is 20.3. The Morgan fingerprint density at radius 1 is 0.365 bits per heavy atom. The third-order valence-electron chi connectivity index (χ3n) is 6.32. The van der Waals surface area contributed by atoms with Gasteiger partial charge >= 0.3 is 5.97 Å². The fraction of sp³-hybridized carbons (Fsp3) is 0.971. The minimum atomic E-state index is -0.777. The molecule has 1 N–H and O–H groups in total. The van der Waals surface area contributed by atoms with E-state index in [1.54, 1.807) is 37.7 Å². The van der Waals surface area contributed by atoms with E-state index >= 15 is 0 Å². The van der Waals surface area contributed by atoms with Crippen LogP contribution >= 0.6 is 23.5 Å². The number of aliphatic carboxylic acids is 1. The van der Waals surface area contributed by atoms with Crippen molar-refractivity contribution in [3.63, 3.8) is 0 Å². The largest absolute Gasteiger partial charge is 0.481 e. The van der Waals surface area contributed by atoms with Crippen molar-refractivity contribution in [2.45, 2.75) is 0 Å². The molecular weight excluding hydrogens is 728 g/mol. The summed E-state index contributed by atoms with van der Waals surface area (Å²) in [7, 11) is 3.28. The third kappa shape index (κ3) is 44.0. The molecule has 0 bridgehead atoms. The summed E-state index contributed by atoms with van der Waals surface area (Å²) in [4.78, 5) is 11.6. The molecule has 0 saturated carbocycles. The normalized spacial score (nSPS) is 11.7. The second kappa shape index (κ2) is 46.8. The summed E-state index contributed by atoms with van der Waals surface area (Å²) in [6.45, 7) is 13.5. The number of ether oxygens (including phenoxy) is 14. The van der Waals surface area contributed by atoms with E-state index in [0.717, 1.165) is 11.5 Å². The van der Waals surface area contributed by atoms with Gasteiger partial charge in [0.15, 0.2) is 0 Å². The second-order valence-corrected chi connectivity index (χ2v) is 12.8. The molecule has 0 fully saturated rings. The van der Waals surface area contributed by atoms with Crippen molar-refractivity contribution in [3.05, 3.63) is 0 Å². The molecule has 0 amide bonds. The average molecular weight is 797 g/mol. The van der Waals surface area contributed by atoms with E-state index in [0.29, 0.717) is 183 Å². The molecule has 18 heteroatoms. The van der Waals surface area contributed by atoms with E-state index < -0.39 is 11.9 Å². The summed E-state index contributed by atoms with van der Waals surface area (Å²) in [5.41, 5.74) is 0. The summed E-state index contributed by atoms with van der Waals surface area (Å²) in [6, 6.07) is 0. The van der Waals surface area contributed by atoms with Crippen LogP contribution in [0.15, 0.2) is 0 Å². The molecule has 0 aromatic carbocycles. The highest BCUT2D eigenvalue weighted by Gasteiger charge is 2.17. The van der Waals surface area contributed by atoms with E-state index in [4.69, 9.17) is 66.3 Å². The Labute approximate surface area is 320 Å². The monoisotopic (exact) mass is 796 g/mol. The van der Waals surface area contributed by atoms with Crippen LogP contribution in [0.2, 0.25) is 0 Å². The zero-order valence-corrected chi connectivity index (χ0v) is 33.3. The lowest BCUT2D eigenvalue weighted by molar-refractivity contribution is -0.140. The number of hydrogen-bond donors (Lipinski definition) is 1. The quantitative estimate of drug-likeness (QED) is 0.0883. The van der Waals surface area contributed by atoms with Crippen LogP contribution in [-0.4, -0.2) is 220 Å². The van der Waals surface area contributed by atoms with Gasteiger partial charge in [0.2, 0.25) is 0 Å². The van der Waals surface area contributed by atoms with Crippen molar-refractivity contribution >= 4 is 29.5 Å². The van der Waals surface area contributed by atoms with Gasteiger partial charge in [-0.3, -0.25) is 4.79 Å². The molecule has 0 spiro atoms. The lowest BCUT2D eigenvalue weighted by atomic mass is 10.2. The topological polar surface area (TPSA) is 167 Å². The molecule has 0 atom stereocenters. The Balaban J connectivity index is 3.32. The summed E-state index contributed by atoms with van der Waals surface area (Å²) in [5, 5.41) is 9.54. The van der Waals surface area contributed by atoms with Gasteiger partial charge in [-0.25, -0.2) is 0 Å². The first-order valence-electron chi connectivity index (χ1n) is 18.0. The number of carboxylic acids is 1. The van der Waals surface area contributed by atoms with E-state index in [1.807, 2.05) is 0 Å². The van der Waals surface area contributed by atoms with E-state index in [1.165, 1.54) is 0 Å². The lowest BCUT2D eigenvalue weighted by Gasteiger charge is -2.12. The molecule has 0 aliphatic heterocycles. The predicted molar refractivity (Wildman–Crippen MR) is 199 cm³/mol. The highest BCUT2D eigenvalue weighted by molar-refractivity contribution is 8.00. The van der Waals surface area contributed by atoms with Gasteiger partial charge in [0.1, 0.15) is 0 Å². The zero-order chi connectivity index (χ0) is 37.7. The molecule has 0 aromatic rings. The van der Waals surface area contributed by atoms with Gasteiger partial charge in [-0.1, -0.05) is 0 Å². The minimum Gasteiger partial charge on any atom is -0.481 e. The Hall–Kier alpha value is -0.390. The molecule has 0 heterocycles. The maximum Gasteiger partial charge on any atom is 0.308 e. The van der Waals surface area contributed by atoms with Crippen molar-refractivity contribution in [1.29, 1.82) is 0 Å². The van der Waals surface area contributed by atoms with Gasteiger partial charge in [-0.2, -0.15) is 23.5 Å². The van der Waals surface area contributed by atoms with Gasteiger partial charge in [0, 0.05) is 37.2 Å². The number of carbonyl (C=O) groups is 1. The first-order chi connectivity index (χ1) is 25.7. The molecule has 0 saturated heterocycles. The highest BCUT2D eigenvalue weighted by atomic mass is 32.2. The van der Waals surface area contributed by atoms with Crippen LogP contribution in [-0.2, 0) is 71.1 Å². The smallest absolute Gasteiger partial charge is 0.308 e. The van der Waals surface area contributed by atoms with Crippen LogP contribution in [0.5, 0.6) is 0 Å². The summed E-state index contributed by atoms with van der Waals surface area (Å²) in [6.07, 6.45) is 0. The van der Waals surface area contributed by atoms with Gasteiger partial charge in [-0.15, -0.1) is 0 Å². The Kier molecular flexibility index (Phi) is 46.4. The number of thioether (sulfide) groups is 2. The Morgan fingerprint density at radius 3 is 0.750 bits per heavy atom. The van der Waals surface area contributed by atoms with Crippen molar-refractivity contribution in [1.82, 2.24) is 0 Å². The molecular formula is C34H68O16S2. The SMILES string of the molecule is COCCOCCOCCOCCOCCOCCOCCSCC(CSCCOCCOCCOCCOCCOCCOCCOC)C(=O)O. The summed E-state index contributed by atoms with van der Waals surface area (Å²) in [5.74, 6) is 1.37. The van der Waals surface area contributed by atoms with Crippen LogP contribution in [0.1, 0.15) is 0 Å². The van der Waals surface area contributed by atoms with Gasteiger partial charge in [-0.05, 0) is 0 Å². The Morgan fingerprint density at radius 2 is 0.558 bits per heavy atom. The first kappa shape index (κ1) is 51.6. The van der Waals surface area contributed by atoms with Crippen LogP contribution in [0.4, 0.5) is 0 Å². The van der Waals surface area contributed by atoms with Crippen molar-refractivity contribution in [3.8, 4) is 0 Å². The maximum absolute atomic E-state index is 11.6. The fourth-order valence-electron chi connectivity index (χ4n) is 3.57. The van der Waals surface area contributed by atoms with Gasteiger partial charge < -0.3 is 71.4 Å². The molecule has 0 unspecified atom stereocenters. The van der Waals surface area contributed by atoms with Crippen LogP contribution in [0.3, 0.4) is 0 Å². The second-order valence-electron chi connectivity index (χ2n) is 10.5. The zero-order valence-electron chi connectivity index (χ0n) is 31.7. The molecule has 0 aliphatic carbocycles. The van der Waals surface area contributed by atoms with Gasteiger partial charge in [0.05, 0.1) is 178 Å². The number of hydrogen-bond acceptors (Lipinski definition) is 17. The van der Waals surface area contributed by atoms with E-state index in [-0.39, 0.29) is 0 Å². The summed E-state index contributed by atoms with van der Waals surface area (Å²) >= 11 is 3.17. The molecule has 0 aromatic heterocycles. The van der Waals surface area contributed by atoms with E-state index in [9.17, 15) is 9.90 Å². The van der Waals surface area contributed by atoms with Crippen LogP contribution in [0, 0.1) is 5.92 Å². The fourth-order valence-corrected chi connectivity index (χ4v) is 5.61. The third-order valence-corrected chi connectivity index (χ3v) is 8.50. The standard InChI is InChI=1S/C34H68O16S2/c1-37-3-5-39-7-9-41-11-13-43-15-17-45-19-21-47-23-25-49-27-29-51-31-33(34(35)36)32-52-30-28-50-26-24-48-22-20-46-18-16-44-14-12-42-10-8-40-6-4-38-2/h33H,3-32H2,1-2H3,(H,35,36). The summed E-state index contributed by atoms with van der Waals surface area (Å²) < 4.78 is 75.2. The van der Waals surface area contributed by atoms with Crippen molar-refractivity contribution in [2.75, 3.05) is 209 Å². The van der Waals surface area contributed by atoms with Gasteiger partial charge in [0.25, 0.3) is 0 Å². The van der Waals surface area contributed by atoms with Crippen molar-refractivity contribution < 1.29 is 76.2 Å². The molecule has 0 rings (SSSR count). The molecule has 312 valence electrons.